The fraction of sp³-hybridized carbons (Fsp3) is 0.321. The van der Waals surface area contributed by atoms with Gasteiger partial charge in [-0.1, -0.05) is 13.8 Å². The molecular weight excluding hydrogens is 478 g/mol. The van der Waals surface area contributed by atoms with Crippen molar-refractivity contribution in [3.8, 4) is 22.6 Å². The van der Waals surface area contributed by atoms with Crippen LogP contribution in [0.25, 0.3) is 44.7 Å². The number of nitrogens with zero attached hydrogens (tertiary/aromatic N) is 6. The van der Waals surface area contributed by atoms with Crippen LogP contribution in [0.15, 0.2) is 48.9 Å². The van der Waals surface area contributed by atoms with Crippen LogP contribution in [0.1, 0.15) is 20.3 Å². The van der Waals surface area contributed by atoms with Crippen molar-refractivity contribution in [1.82, 2.24) is 35.0 Å². The summed E-state index contributed by atoms with van der Waals surface area (Å²) < 4.78 is 0. The molecule has 0 radical (unpaired) electrons. The van der Waals surface area contributed by atoms with Crippen molar-refractivity contribution in [2.45, 2.75) is 20.3 Å². The van der Waals surface area contributed by atoms with E-state index in [0.29, 0.717) is 12.1 Å². The smallest absolute Gasteiger partial charge is 0.224 e. The van der Waals surface area contributed by atoms with E-state index in [4.69, 9.17) is 4.98 Å². The maximum atomic E-state index is 12.2. The molecule has 1 aliphatic heterocycles. The molecule has 0 aromatic carbocycles. The molecule has 1 aliphatic rings. The first-order valence-corrected chi connectivity index (χ1v) is 13.0. The highest BCUT2D eigenvalue weighted by Gasteiger charge is 2.20. The number of pyridine rings is 3. The Bertz CT molecular complexity index is 1610. The van der Waals surface area contributed by atoms with Crippen LogP contribution in [0.4, 0.5) is 11.4 Å². The Morgan fingerprint density at radius 1 is 1.11 bits per heavy atom. The van der Waals surface area contributed by atoms with E-state index < -0.39 is 0 Å². The zero-order valence-corrected chi connectivity index (χ0v) is 21.8. The average molecular weight is 510 g/mol. The highest BCUT2D eigenvalue weighted by atomic mass is 16.1. The number of anilines is 2. The lowest BCUT2D eigenvalue weighted by atomic mass is 10.1. The molecule has 10 nitrogen and oxygen atoms in total. The quantitative estimate of drug-likeness (QED) is 0.312. The van der Waals surface area contributed by atoms with Gasteiger partial charge in [0.05, 0.1) is 28.8 Å². The summed E-state index contributed by atoms with van der Waals surface area (Å²) in [4.78, 5) is 34.3. The van der Waals surface area contributed by atoms with Gasteiger partial charge in [0.25, 0.3) is 0 Å². The Morgan fingerprint density at radius 2 is 1.95 bits per heavy atom. The molecule has 0 unspecified atom stereocenters. The lowest BCUT2D eigenvalue weighted by Gasteiger charge is -2.34. The summed E-state index contributed by atoms with van der Waals surface area (Å²) >= 11 is 0. The summed E-state index contributed by atoms with van der Waals surface area (Å²) in [6.07, 6.45) is 5.72. The summed E-state index contributed by atoms with van der Waals surface area (Å²) in [7, 11) is 2.16. The van der Waals surface area contributed by atoms with Crippen LogP contribution in [0, 0.1) is 5.92 Å². The molecule has 194 valence electrons. The second-order valence-electron chi connectivity index (χ2n) is 10.3. The van der Waals surface area contributed by atoms with Gasteiger partial charge in [0.15, 0.2) is 0 Å². The Morgan fingerprint density at radius 3 is 2.76 bits per heavy atom. The Labute approximate surface area is 220 Å². The number of carbonyl (C=O) groups is 1. The van der Waals surface area contributed by atoms with Crippen LogP contribution in [0.2, 0.25) is 0 Å². The molecule has 1 fully saturated rings. The third kappa shape index (κ3) is 4.70. The van der Waals surface area contributed by atoms with E-state index in [1.165, 1.54) is 5.69 Å². The van der Waals surface area contributed by atoms with E-state index in [-0.39, 0.29) is 11.8 Å². The topological polar surface area (TPSA) is 119 Å². The summed E-state index contributed by atoms with van der Waals surface area (Å²) in [5.74, 6) is 0.259. The molecule has 0 saturated carbocycles. The standard InChI is InChI=1S/C28H31N9O/c1-17(2)12-25(38)31-19-13-18(15-29-16-19)21-4-5-22-26(32-21)27(35-34-22)23-14-20-24(6-7-30-28(20)33-23)37-10-8-36(3)9-11-37/h4-7,13-17H,8-12H2,1-3H3,(H,30,33)(H,31,38)(H,34,35). The number of piperazine rings is 1. The molecule has 10 heteroatoms. The maximum absolute atomic E-state index is 12.2. The summed E-state index contributed by atoms with van der Waals surface area (Å²) in [6, 6.07) is 10.00. The van der Waals surface area contributed by atoms with Gasteiger partial charge in [-0.25, -0.2) is 9.97 Å². The summed E-state index contributed by atoms with van der Waals surface area (Å²) in [5, 5.41) is 11.7. The Kier molecular flexibility index (Phi) is 6.24. The third-order valence-electron chi connectivity index (χ3n) is 6.93. The van der Waals surface area contributed by atoms with Gasteiger partial charge in [0.1, 0.15) is 16.9 Å². The van der Waals surface area contributed by atoms with Crippen molar-refractivity contribution in [3.63, 3.8) is 0 Å². The number of aromatic amines is 2. The second-order valence-corrected chi connectivity index (χ2v) is 10.3. The van der Waals surface area contributed by atoms with E-state index in [9.17, 15) is 4.79 Å². The molecule has 3 N–H and O–H groups in total. The number of aromatic nitrogens is 6. The molecule has 5 aromatic rings. The first kappa shape index (κ1) is 24.1. The van der Waals surface area contributed by atoms with Crippen LogP contribution < -0.4 is 10.2 Å². The van der Waals surface area contributed by atoms with Gasteiger partial charge in [-0.15, -0.1) is 0 Å². The van der Waals surface area contributed by atoms with Crippen LogP contribution in [-0.2, 0) is 4.79 Å². The van der Waals surface area contributed by atoms with Crippen molar-refractivity contribution in [2.24, 2.45) is 5.92 Å². The number of hydrogen-bond donors (Lipinski definition) is 3. The minimum Gasteiger partial charge on any atom is -0.368 e. The molecule has 1 amide bonds. The van der Waals surface area contributed by atoms with Crippen molar-refractivity contribution in [2.75, 3.05) is 43.4 Å². The third-order valence-corrected chi connectivity index (χ3v) is 6.93. The van der Waals surface area contributed by atoms with Crippen molar-refractivity contribution < 1.29 is 4.79 Å². The maximum Gasteiger partial charge on any atom is 0.224 e. The van der Waals surface area contributed by atoms with Crippen molar-refractivity contribution in [1.29, 1.82) is 0 Å². The number of likely N-dealkylation sites (N-methyl/N-ethyl adjacent to an activating group) is 1. The Hall–Kier alpha value is -4.31. The van der Waals surface area contributed by atoms with Gasteiger partial charge in [-0.2, -0.15) is 5.10 Å². The molecule has 38 heavy (non-hydrogen) atoms. The van der Waals surface area contributed by atoms with E-state index >= 15 is 0 Å². The minimum absolute atomic E-state index is 0.0251. The molecule has 6 heterocycles. The fourth-order valence-electron chi connectivity index (χ4n) is 4.94. The molecule has 6 rings (SSSR count). The number of H-pyrrole nitrogens is 2. The molecule has 0 atom stereocenters. The van der Waals surface area contributed by atoms with Crippen LogP contribution in [0.5, 0.6) is 0 Å². The molecule has 0 spiro atoms. The van der Waals surface area contributed by atoms with Gasteiger partial charge >= 0.3 is 0 Å². The number of fused-ring (bicyclic) bond motifs is 2. The highest BCUT2D eigenvalue weighted by Crippen LogP contribution is 2.33. The average Bonchev–Trinajstić information content (AvgIpc) is 3.52. The minimum atomic E-state index is -0.0251. The molecule has 0 bridgehead atoms. The van der Waals surface area contributed by atoms with Crippen LogP contribution in [0.3, 0.4) is 0 Å². The first-order valence-electron chi connectivity index (χ1n) is 13.0. The van der Waals surface area contributed by atoms with E-state index in [2.05, 4.69) is 59.4 Å². The van der Waals surface area contributed by atoms with E-state index in [0.717, 1.165) is 70.9 Å². The highest BCUT2D eigenvalue weighted by molar-refractivity contribution is 5.98. The molecule has 0 aliphatic carbocycles. The number of hydrogen-bond acceptors (Lipinski definition) is 7. The van der Waals surface area contributed by atoms with Crippen molar-refractivity contribution in [3.05, 3.63) is 48.9 Å². The van der Waals surface area contributed by atoms with Gasteiger partial charge in [0, 0.05) is 61.6 Å². The van der Waals surface area contributed by atoms with Crippen molar-refractivity contribution >= 4 is 39.3 Å². The van der Waals surface area contributed by atoms with E-state index in [1.807, 2.05) is 38.2 Å². The van der Waals surface area contributed by atoms with Gasteiger partial charge in [-0.05, 0) is 43.3 Å². The predicted molar refractivity (Wildman–Crippen MR) is 150 cm³/mol. The lowest BCUT2D eigenvalue weighted by Crippen LogP contribution is -2.44. The summed E-state index contributed by atoms with van der Waals surface area (Å²) in [6.45, 7) is 8.08. The van der Waals surface area contributed by atoms with E-state index in [1.54, 1.807) is 12.4 Å². The predicted octanol–water partition coefficient (Wildman–Crippen LogP) is 4.30. The zero-order chi connectivity index (χ0) is 26.2. The Balaban J connectivity index is 1.34. The van der Waals surface area contributed by atoms with Crippen LogP contribution >= 0.6 is 0 Å². The monoisotopic (exact) mass is 509 g/mol. The zero-order valence-electron chi connectivity index (χ0n) is 21.8. The van der Waals surface area contributed by atoms with Crippen LogP contribution in [-0.4, -0.2) is 74.2 Å². The van der Waals surface area contributed by atoms with Gasteiger partial charge in [-0.3, -0.25) is 14.9 Å². The largest absolute Gasteiger partial charge is 0.368 e. The second kappa shape index (κ2) is 9.86. The van der Waals surface area contributed by atoms with Gasteiger partial charge in [0.2, 0.25) is 5.91 Å². The SMILES string of the molecule is CC(C)CC(=O)Nc1cncc(-c2ccc3[nH]nc(-c4cc5c(N6CCN(C)CC6)ccnc5[nH]4)c3n2)c1. The normalized spacial score (nSPS) is 14.6. The summed E-state index contributed by atoms with van der Waals surface area (Å²) in [5.41, 5.74) is 7.42. The molecular formula is C28H31N9O. The number of nitrogens with one attached hydrogen (secondary N) is 3. The lowest BCUT2D eigenvalue weighted by molar-refractivity contribution is -0.116. The fourth-order valence-corrected chi connectivity index (χ4v) is 4.94. The number of carbonyl (C=O) groups excluding carboxylic acids is 1. The van der Waals surface area contributed by atoms with Gasteiger partial charge < -0.3 is 20.1 Å². The number of amides is 1. The molecule has 1 saturated heterocycles. The molecule has 5 aromatic heterocycles. The number of rotatable bonds is 6. The first-order chi connectivity index (χ1) is 18.4.